The topological polar surface area (TPSA) is 41.1 Å². The van der Waals surface area contributed by atoms with Gasteiger partial charge in [0.15, 0.2) is 5.82 Å². The Kier molecular flexibility index (Phi) is 4.32. The summed E-state index contributed by atoms with van der Waals surface area (Å²) < 4.78 is 13.2. The van der Waals surface area contributed by atoms with E-state index < -0.39 is 0 Å². The number of aromatic nitrogens is 2. The molecule has 1 N–H and O–H groups in total. The lowest BCUT2D eigenvalue weighted by Crippen LogP contribution is -2.50. The summed E-state index contributed by atoms with van der Waals surface area (Å²) >= 11 is 0. The Bertz CT molecular complexity index is 879. The van der Waals surface area contributed by atoms with Gasteiger partial charge in [0.2, 0.25) is 0 Å². The standard InChI is InChI=1S/C20H21FN4/c1-2-16-13-25(12-11-22-16)20-18-6-4-3-5-17(18)19(23-24-20)14-7-9-15(21)10-8-14/h3-10,16,22H,2,11-13H2,1H3. The van der Waals surface area contributed by atoms with E-state index >= 15 is 0 Å². The third-order valence-corrected chi connectivity index (χ3v) is 4.83. The van der Waals surface area contributed by atoms with E-state index in [0.717, 1.165) is 53.9 Å². The van der Waals surface area contributed by atoms with Crippen LogP contribution < -0.4 is 10.2 Å². The second-order valence-corrected chi connectivity index (χ2v) is 6.43. The first-order valence-electron chi connectivity index (χ1n) is 8.76. The quantitative estimate of drug-likeness (QED) is 0.793. The number of benzene rings is 2. The summed E-state index contributed by atoms with van der Waals surface area (Å²) in [7, 11) is 0. The molecule has 1 fully saturated rings. The lowest BCUT2D eigenvalue weighted by Gasteiger charge is -2.34. The van der Waals surface area contributed by atoms with Crippen molar-refractivity contribution in [2.24, 2.45) is 0 Å². The van der Waals surface area contributed by atoms with Gasteiger partial charge in [0.1, 0.15) is 11.5 Å². The van der Waals surface area contributed by atoms with Crippen LogP contribution in [0.4, 0.5) is 10.2 Å². The number of fused-ring (bicyclic) bond motifs is 1. The highest BCUT2D eigenvalue weighted by Gasteiger charge is 2.22. The molecule has 1 unspecified atom stereocenters. The van der Waals surface area contributed by atoms with E-state index in [4.69, 9.17) is 0 Å². The lowest BCUT2D eigenvalue weighted by atomic mass is 10.0. The van der Waals surface area contributed by atoms with E-state index in [1.54, 1.807) is 12.1 Å². The molecule has 128 valence electrons. The molecule has 1 atom stereocenters. The Labute approximate surface area is 146 Å². The molecule has 1 aliphatic rings. The van der Waals surface area contributed by atoms with Crippen molar-refractivity contribution in [2.75, 3.05) is 24.5 Å². The van der Waals surface area contributed by atoms with Crippen molar-refractivity contribution in [3.8, 4) is 11.3 Å². The Balaban J connectivity index is 1.80. The maximum Gasteiger partial charge on any atom is 0.159 e. The van der Waals surface area contributed by atoms with Crippen molar-refractivity contribution in [1.29, 1.82) is 0 Å². The predicted molar refractivity (Wildman–Crippen MR) is 99.2 cm³/mol. The molecule has 0 aliphatic carbocycles. The van der Waals surface area contributed by atoms with Gasteiger partial charge in [-0.1, -0.05) is 31.2 Å². The zero-order chi connectivity index (χ0) is 17.2. The fraction of sp³-hybridized carbons (Fsp3) is 0.300. The fourth-order valence-corrected chi connectivity index (χ4v) is 3.44. The first kappa shape index (κ1) is 16.0. The van der Waals surface area contributed by atoms with Crippen molar-refractivity contribution in [3.63, 3.8) is 0 Å². The summed E-state index contributed by atoms with van der Waals surface area (Å²) in [5.41, 5.74) is 1.67. The van der Waals surface area contributed by atoms with E-state index in [0.29, 0.717) is 6.04 Å². The van der Waals surface area contributed by atoms with Gasteiger partial charge >= 0.3 is 0 Å². The van der Waals surface area contributed by atoms with E-state index in [2.05, 4.69) is 39.5 Å². The molecule has 0 spiro atoms. The van der Waals surface area contributed by atoms with Crippen molar-refractivity contribution < 1.29 is 4.39 Å². The van der Waals surface area contributed by atoms with Crippen molar-refractivity contribution in [1.82, 2.24) is 15.5 Å². The van der Waals surface area contributed by atoms with Gasteiger partial charge in [-0.05, 0) is 30.7 Å². The van der Waals surface area contributed by atoms with E-state index in [1.807, 2.05) is 12.1 Å². The molecule has 1 saturated heterocycles. The number of anilines is 1. The van der Waals surface area contributed by atoms with Gasteiger partial charge in [0, 0.05) is 42.0 Å². The third-order valence-electron chi connectivity index (χ3n) is 4.83. The van der Waals surface area contributed by atoms with Crippen molar-refractivity contribution in [3.05, 3.63) is 54.3 Å². The van der Waals surface area contributed by atoms with Crippen LogP contribution in [0.15, 0.2) is 48.5 Å². The number of piperazine rings is 1. The number of hydrogen-bond donors (Lipinski definition) is 1. The Morgan fingerprint density at radius 2 is 1.84 bits per heavy atom. The normalized spacial score (nSPS) is 17.8. The van der Waals surface area contributed by atoms with Crippen LogP contribution >= 0.6 is 0 Å². The van der Waals surface area contributed by atoms with Crippen LogP contribution in [-0.2, 0) is 0 Å². The van der Waals surface area contributed by atoms with Gasteiger partial charge in [-0.3, -0.25) is 0 Å². The number of hydrogen-bond acceptors (Lipinski definition) is 4. The molecule has 4 nitrogen and oxygen atoms in total. The summed E-state index contributed by atoms with van der Waals surface area (Å²) in [6.07, 6.45) is 1.09. The molecule has 25 heavy (non-hydrogen) atoms. The first-order valence-corrected chi connectivity index (χ1v) is 8.76. The number of rotatable bonds is 3. The molecule has 1 aromatic heterocycles. The molecule has 1 aliphatic heterocycles. The third kappa shape index (κ3) is 3.07. The van der Waals surface area contributed by atoms with Gasteiger partial charge in [-0.2, -0.15) is 0 Å². The average Bonchev–Trinajstić information content (AvgIpc) is 2.68. The highest BCUT2D eigenvalue weighted by Crippen LogP contribution is 2.31. The zero-order valence-corrected chi connectivity index (χ0v) is 14.2. The zero-order valence-electron chi connectivity index (χ0n) is 14.2. The highest BCUT2D eigenvalue weighted by atomic mass is 19.1. The van der Waals surface area contributed by atoms with E-state index in [1.165, 1.54) is 12.1 Å². The molecule has 2 aromatic carbocycles. The highest BCUT2D eigenvalue weighted by molar-refractivity contribution is 6.00. The fourth-order valence-electron chi connectivity index (χ4n) is 3.44. The maximum atomic E-state index is 13.2. The number of halogens is 1. The van der Waals surface area contributed by atoms with Gasteiger partial charge < -0.3 is 10.2 Å². The molecule has 0 saturated carbocycles. The van der Waals surface area contributed by atoms with Crippen LogP contribution in [0.3, 0.4) is 0 Å². The molecule has 0 radical (unpaired) electrons. The lowest BCUT2D eigenvalue weighted by molar-refractivity contribution is 0.445. The number of nitrogens with zero attached hydrogens (tertiary/aromatic N) is 3. The molecular weight excluding hydrogens is 315 g/mol. The molecule has 0 bridgehead atoms. The average molecular weight is 336 g/mol. The largest absolute Gasteiger partial charge is 0.352 e. The van der Waals surface area contributed by atoms with E-state index in [-0.39, 0.29) is 5.82 Å². The SMILES string of the molecule is CCC1CN(c2nnc(-c3ccc(F)cc3)c3ccccc23)CCN1. The second-order valence-electron chi connectivity index (χ2n) is 6.43. The Morgan fingerprint density at radius 1 is 1.08 bits per heavy atom. The smallest absolute Gasteiger partial charge is 0.159 e. The first-order chi connectivity index (χ1) is 12.3. The maximum absolute atomic E-state index is 13.2. The Morgan fingerprint density at radius 3 is 2.60 bits per heavy atom. The van der Waals surface area contributed by atoms with Gasteiger partial charge in [0.25, 0.3) is 0 Å². The van der Waals surface area contributed by atoms with Gasteiger partial charge in [-0.15, -0.1) is 10.2 Å². The van der Waals surface area contributed by atoms with Crippen molar-refractivity contribution in [2.45, 2.75) is 19.4 Å². The predicted octanol–water partition coefficient (Wildman–Crippen LogP) is 3.62. The van der Waals surface area contributed by atoms with Crippen LogP contribution in [0.5, 0.6) is 0 Å². The molecule has 5 heteroatoms. The van der Waals surface area contributed by atoms with Crippen molar-refractivity contribution >= 4 is 16.6 Å². The summed E-state index contributed by atoms with van der Waals surface area (Å²) in [5, 5.41) is 14.7. The second kappa shape index (κ2) is 6.76. The van der Waals surface area contributed by atoms with Gasteiger partial charge in [0.05, 0.1) is 0 Å². The molecule has 2 heterocycles. The molecule has 0 amide bonds. The van der Waals surface area contributed by atoms with Crippen LogP contribution in [0, 0.1) is 5.82 Å². The monoisotopic (exact) mass is 336 g/mol. The number of nitrogens with one attached hydrogen (secondary N) is 1. The van der Waals surface area contributed by atoms with E-state index in [9.17, 15) is 4.39 Å². The summed E-state index contributed by atoms with van der Waals surface area (Å²) in [6.45, 7) is 5.01. The minimum atomic E-state index is -0.246. The molecule has 4 rings (SSSR count). The summed E-state index contributed by atoms with van der Waals surface area (Å²) in [5.74, 6) is 0.686. The van der Waals surface area contributed by atoms with Crippen LogP contribution in [-0.4, -0.2) is 35.9 Å². The van der Waals surface area contributed by atoms with Crippen LogP contribution in [0.1, 0.15) is 13.3 Å². The molecule has 3 aromatic rings. The van der Waals surface area contributed by atoms with Gasteiger partial charge in [-0.25, -0.2) is 4.39 Å². The minimum absolute atomic E-state index is 0.246. The Hall–Kier alpha value is -2.53. The minimum Gasteiger partial charge on any atom is -0.352 e. The molecular formula is C20H21FN4. The summed E-state index contributed by atoms with van der Waals surface area (Å²) in [4.78, 5) is 2.31. The van der Waals surface area contributed by atoms with Crippen LogP contribution in [0.2, 0.25) is 0 Å². The summed E-state index contributed by atoms with van der Waals surface area (Å²) in [6, 6.07) is 15.1. The van der Waals surface area contributed by atoms with Crippen LogP contribution in [0.25, 0.3) is 22.0 Å².